The second-order valence-corrected chi connectivity index (χ2v) is 7.50. The Bertz CT molecular complexity index is 755. The number of halogens is 2. The average molecular weight is 391 g/mol. The number of nitrogens with zero attached hydrogens (tertiary/aromatic N) is 3. The molecule has 124 valence electrons. The highest BCUT2D eigenvalue weighted by Crippen LogP contribution is 2.33. The third-order valence-electron chi connectivity index (χ3n) is 3.16. The molecule has 3 aromatic rings. The van der Waals surface area contributed by atoms with Crippen LogP contribution in [0.5, 0.6) is 0 Å². The Labute approximate surface area is 153 Å². The summed E-state index contributed by atoms with van der Waals surface area (Å²) in [7, 11) is 1.92. The lowest BCUT2D eigenvalue weighted by Gasteiger charge is -2.04. The second-order valence-electron chi connectivity index (χ2n) is 4.92. The van der Waals surface area contributed by atoms with Gasteiger partial charge in [0.15, 0.2) is 5.82 Å². The Morgan fingerprint density at radius 1 is 1.35 bits per heavy atom. The van der Waals surface area contributed by atoms with Crippen LogP contribution in [0.3, 0.4) is 0 Å². The van der Waals surface area contributed by atoms with Crippen LogP contribution in [0.25, 0.3) is 9.88 Å². The number of likely N-dealkylation sites (N-methyl/N-ethyl adjacent to an activating group) is 1. The van der Waals surface area contributed by atoms with E-state index in [1.807, 2.05) is 24.6 Å². The Hall–Kier alpha value is -0.990. The van der Waals surface area contributed by atoms with Crippen LogP contribution in [-0.4, -0.2) is 28.2 Å². The summed E-state index contributed by atoms with van der Waals surface area (Å²) in [6.07, 6.45) is 1.30. The van der Waals surface area contributed by atoms with Gasteiger partial charge in [0.2, 0.25) is 5.89 Å². The third kappa shape index (κ3) is 4.74. The van der Waals surface area contributed by atoms with E-state index in [4.69, 9.17) is 16.1 Å². The normalized spacial score (nSPS) is 12.1. The fourth-order valence-electron chi connectivity index (χ4n) is 1.91. The number of rotatable bonds is 6. The van der Waals surface area contributed by atoms with Crippen LogP contribution >= 0.6 is 46.7 Å². The van der Waals surface area contributed by atoms with Gasteiger partial charge >= 0.3 is 0 Å². The minimum absolute atomic E-state index is 0. The van der Waals surface area contributed by atoms with Crippen LogP contribution in [0.4, 0.5) is 0 Å². The largest absolute Gasteiger partial charge is 0.339 e. The van der Waals surface area contributed by atoms with Gasteiger partial charge in [-0.3, -0.25) is 0 Å². The molecule has 0 saturated heterocycles. The molecule has 9 heteroatoms. The van der Waals surface area contributed by atoms with Crippen molar-refractivity contribution in [2.24, 2.45) is 0 Å². The van der Waals surface area contributed by atoms with Crippen LogP contribution in [0.15, 0.2) is 22.0 Å². The van der Waals surface area contributed by atoms with Gasteiger partial charge in [0.05, 0.1) is 21.3 Å². The molecule has 23 heavy (non-hydrogen) atoms. The molecule has 0 aliphatic rings. The van der Waals surface area contributed by atoms with Crippen molar-refractivity contribution in [1.82, 2.24) is 20.4 Å². The molecule has 0 aliphatic heterocycles. The van der Waals surface area contributed by atoms with Gasteiger partial charge in [0, 0.05) is 17.8 Å². The Morgan fingerprint density at radius 2 is 2.17 bits per heavy atom. The van der Waals surface area contributed by atoms with E-state index in [1.54, 1.807) is 11.3 Å². The van der Waals surface area contributed by atoms with E-state index >= 15 is 0 Å². The monoisotopic (exact) mass is 390 g/mol. The van der Waals surface area contributed by atoms with Crippen LogP contribution < -0.4 is 5.32 Å². The quantitative estimate of drug-likeness (QED) is 0.686. The summed E-state index contributed by atoms with van der Waals surface area (Å²) in [5.74, 6) is 1.32. The van der Waals surface area contributed by atoms with E-state index < -0.39 is 0 Å². The molecule has 1 atom stereocenters. The van der Waals surface area contributed by atoms with Gasteiger partial charge in [-0.1, -0.05) is 16.8 Å². The van der Waals surface area contributed by atoms with E-state index in [9.17, 15) is 0 Å². The SMILES string of the molecule is CNC(C)Cc1noc(Cc2csc(-c3ccc(Cl)s3)n2)n1.Cl. The zero-order valence-electron chi connectivity index (χ0n) is 12.6. The summed E-state index contributed by atoms with van der Waals surface area (Å²) in [6.45, 7) is 2.08. The van der Waals surface area contributed by atoms with Crippen molar-refractivity contribution in [3.05, 3.63) is 39.3 Å². The van der Waals surface area contributed by atoms with Crippen LogP contribution in [0, 0.1) is 0 Å². The molecule has 3 aromatic heterocycles. The predicted molar refractivity (Wildman–Crippen MR) is 97.0 cm³/mol. The summed E-state index contributed by atoms with van der Waals surface area (Å²) in [5.41, 5.74) is 0.932. The zero-order chi connectivity index (χ0) is 15.5. The molecule has 0 saturated carbocycles. The summed E-state index contributed by atoms with van der Waals surface area (Å²) in [6, 6.07) is 4.19. The highest BCUT2D eigenvalue weighted by molar-refractivity contribution is 7.23. The first-order chi connectivity index (χ1) is 10.6. The maximum absolute atomic E-state index is 5.96. The number of nitrogens with one attached hydrogen (secondary N) is 1. The Morgan fingerprint density at radius 3 is 2.87 bits per heavy atom. The average Bonchev–Trinajstić information content (AvgIpc) is 3.21. The van der Waals surface area contributed by atoms with Crippen molar-refractivity contribution in [3.63, 3.8) is 0 Å². The topological polar surface area (TPSA) is 63.8 Å². The van der Waals surface area contributed by atoms with Gasteiger partial charge in [-0.15, -0.1) is 35.1 Å². The Balaban J connectivity index is 0.00000192. The molecule has 3 heterocycles. The van der Waals surface area contributed by atoms with E-state index in [2.05, 4.69) is 27.4 Å². The van der Waals surface area contributed by atoms with E-state index in [-0.39, 0.29) is 12.4 Å². The number of hydrogen-bond donors (Lipinski definition) is 1. The van der Waals surface area contributed by atoms with Gasteiger partial charge in [-0.05, 0) is 26.1 Å². The zero-order valence-corrected chi connectivity index (χ0v) is 15.8. The molecule has 0 bridgehead atoms. The van der Waals surface area contributed by atoms with Gasteiger partial charge in [-0.25, -0.2) is 4.98 Å². The molecule has 3 rings (SSSR count). The van der Waals surface area contributed by atoms with Crippen molar-refractivity contribution < 1.29 is 4.52 Å². The molecule has 0 aliphatic carbocycles. The molecular weight excluding hydrogens is 375 g/mol. The minimum Gasteiger partial charge on any atom is -0.339 e. The van der Waals surface area contributed by atoms with Crippen molar-refractivity contribution in [2.75, 3.05) is 7.05 Å². The van der Waals surface area contributed by atoms with Crippen molar-refractivity contribution in [3.8, 4) is 9.88 Å². The van der Waals surface area contributed by atoms with Crippen LogP contribution in [0.2, 0.25) is 4.34 Å². The first-order valence-electron chi connectivity index (χ1n) is 6.83. The van der Waals surface area contributed by atoms with E-state index in [0.29, 0.717) is 18.4 Å². The second kappa shape index (κ2) is 8.21. The smallest absolute Gasteiger partial charge is 0.232 e. The standard InChI is InChI=1S/C14H15ClN4OS2.ClH/c1-8(16-2)5-12-18-13(20-19-12)6-9-7-21-14(17-9)10-3-4-11(15)22-10;/h3-4,7-8,16H,5-6H2,1-2H3;1H. The summed E-state index contributed by atoms with van der Waals surface area (Å²) in [4.78, 5) is 10.1. The molecule has 0 spiro atoms. The molecular formula is C14H16Cl2N4OS2. The van der Waals surface area contributed by atoms with Gasteiger partial charge in [-0.2, -0.15) is 4.98 Å². The first kappa shape index (κ1) is 18.4. The highest BCUT2D eigenvalue weighted by Gasteiger charge is 2.13. The van der Waals surface area contributed by atoms with Crippen molar-refractivity contribution in [2.45, 2.75) is 25.8 Å². The number of thiazole rings is 1. The molecule has 0 fully saturated rings. The van der Waals surface area contributed by atoms with Crippen molar-refractivity contribution >= 4 is 46.7 Å². The fourth-order valence-corrected chi connectivity index (χ4v) is 3.84. The van der Waals surface area contributed by atoms with Gasteiger partial charge in [0.1, 0.15) is 5.01 Å². The van der Waals surface area contributed by atoms with E-state index in [0.717, 1.165) is 32.2 Å². The summed E-state index contributed by atoms with van der Waals surface area (Å²) < 4.78 is 6.06. The first-order valence-corrected chi connectivity index (χ1v) is 8.90. The number of thiophene rings is 1. The molecule has 0 aromatic carbocycles. The van der Waals surface area contributed by atoms with Crippen molar-refractivity contribution in [1.29, 1.82) is 0 Å². The molecule has 0 amide bonds. The maximum atomic E-state index is 5.96. The van der Waals surface area contributed by atoms with Crippen LogP contribution in [-0.2, 0) is 12.8 Å². The predicted octanol–water partition coefficient (Wildman–Crippen LogP) is 4.07. The van der Waals surface area contributed by atoms with Crippen LogP contribution in [0.1, 0.15) is 24.3 Å². The molecule has 1 unspecified atom stereocenters. The molecule has 5 nitrogen and oxygen atoms in total. The lowest BCUT2D eigenvalue weighted by Crippen LogP contribution is -2.24. The maximum Gasteiger partial charge on any atom is 0.232 e. The van der Waals surface area contributed by atoms with Gasteiger partial charge < -0.3 is 9.84 Å². The van der Waals surface area contributed by atoms with E-state index in [1.165, 1.54) is 11.3 Å². The number of aromatic nitrogens is 3. The highest BCUT2D eigenvalue weighted by atomic mass is 35.5. The summed E-state index contributed by atoms with van der Waals surface area (Å²) in [5, 5.41) is 10.1. The third-order valence-corrected chi connectivity index (χ3v) is 5.45. The van der Waals surface area contributed by atoms with Gasteiger partial charge in [0.25, 0.3) is 0 Å². The lowest BCUT2D eigenvalue weighted by atomic mass is 10.2. The lowest BCUT2D eigenvalue weighted by molar-refractivity contribution is 0.376. The summed E-state index contributed by atoms with van der Waals surface area (Å²) >= 11 is 9.09. The Kier molecular flexibility index (Phi) is 6.55. The molecule has 0 radical (unpaired) electrons. The fraction of sp³-hybridized carbons (Fsp3) is 0.357. The molecule has 1 N–H and O–H groups in total. The number of hydrogen-bond acceptors (Lipinski definition) is 7. The minimum atomic E-state index is 0.